The van der Waals surface area contributed by atoms with E-state index in [1.165, 1.54) is 18.3 Å². The topological polar surface area (TPSA) is 78.8 Å². The predicted octanol–water partition coefficient (Wildman–Crippen LogP) is 4.96. The Morgan fingerprint density at radius 3 is 2.38 bits per heavy atom. The highest BCUT2D eigenvalue weighted by Crippen LogP contribution is 2.26. The molecule has 3 rings (SSSR count). The smallest absolute Gasteiger partial charge is 0.264 e. The highest BCUT2D eigenvalue weighted by molar-refractivity contribution is 7.92. The van der Waals surface area contributed by atoms with Gasteiger partial charge in [-0.2, -0.15) is 5.10 Å². The van der Waals surface area contributed by atoms with Crippen LogP contribution in [0.25, 0.3) is 0 Å². The third-order valence-electron chi connectivity index (χ3n) is 4.64. The van der Waals surface area contributed by atoms with Crippen LogP contribution in [0.3, 0.4) is 0 Å². The number of halogens is 2. The summed E-state index contributed by atoms with van der Waals surface area (Å²) in [5.74, 6) is -0.606. The summed E-state index contributed by atoms with van der Waals surface area (Å²) in [6.07, 6.45) is 1.36. The lowest BCUT2D eigenvalue weighted by Crippen LogP contribution is -2.40. The molecule has 0 saturated carbocycles. The third kappa shape index (κ3) is 5.68. The average molecular weight is 490 g/mol. The van der Waals surface area contributed by atoms with Gasteiger partial charge in [0.25, 0.3) is 15.9 Å². The molecule has 0 heterocycles. The molecule has 32 heavy (non-hydrogen) atoms. The van der Waals surface area contributed by atoms with Gasteiger partial charge in [0.1, 0.15) is 6.54 Å². The number of carbonyl (C=O) groups is 1. The fourth-order valence-corrected chi connectivity index (χ4v) is 4.87. The van der Waals surface area contributed by atoms with Crippen LogP contribution in [0.5, 0.6) is 0 Å². The monoisotopic (exact) mass is 489 g/mol. The van der Waals surface area contributed by atoms with Crippen LogP contribution < -0.4 is 9.73 Å². The Labute approximate surface area is 197 Å². The SMILES string of the molecule is Cc1ccc(S(=O)(=O)N(CC(=O)N/N=C/c2ccc(Cl)cc2Cl)c2ccccc2C)cc1. The van der Waals surface area contributed by atoms with E-state index in [1.54, 1.807) is 61.5 Å². The van der Waals surface area contributed by atoms with E-state index in [0.717, 1.165) is 9.87 Å². The van der Waals surface area contributed by atoms with Crippen molar-refractivity contribution in [2.24, 2.45) is 5.10 Å². The number of nitrogens with zero attached hydrogens (tertiary/aromatic N) is 2. The van der Waals surface area contributed by atoms with Crippen molar-refractivity contribution < 1.29 is 13.2 Å². The number of rotatable bonds is 7. The number of hydrogen-bond acceptors (Lipinski definition) is 4. The Bertz CT molecular complexity index is 1260. The van der Waals surface area contributed by atoms with Gasteiger partial charge in [0.2, 0.25) is 0 Å². The van der Waals surface area contributed by atoms with Gasteiger partial charge >= 0.3 is 0 Å². The molecule has 0 aliphatic rings. The molecule has 6 nitrogen and oxygen atoms in total. The van der Waals surface area contributed by atoms with Gasteiger partial charge in [-0.05, 0) is 49.7 Å². The highest BCUT2D eigenvalue weighted by Gasteiger charge is 2.28. The molecule has 0 bridgehead atoms. The van der Waals surface area contributed by atoms with Crippen molar-refractivity contribution in [3.63, 3.8) is 0 Å². The van der Waals surface area contributed by atoms with Crippen molar-refractivity contribution in [3.05, 3.63) is 93.5 Å². The molecule has 3 aromatic carbocycles. The van der Waals surface area contributed by atoms with Crippen LogP contribution in [-0.2, 0) is 14.8 Å². The third-order valence-corrected chi connectivity index (χ3v) is 6.97. The molecular formula is C23H21Cl2N3O3S. The van der Waals surface area contributed by atoms with Crippen LogP contribution in [0.1, 0.15) is 16.7 Å². The second kappa shape index (κ2) is 10.2. The zero-order chi connectivity index (χ0) is 23.3. The number of para-hydroxylation sites is 1. The quantitative estimate of drug-likeness (QED) is 0.376. The maximum Gasteiger partial charge on any atom is 0.264 e. The fourth-order valence-electron chi connectivity index (χ4n) is 2.93. The number of nitrogens with one attached hydrogen (secondary N) is 1. The van der Waals surface area contributed by atoms with E-state index >= 15 is 0 Å². The number of anilines is 1. The molecule has 0 aliphatic carbocycles. The maximum atomic E-state index is 13.4. The number of benzene rings is 3. The average Bonchev–Trinajstić information content (AvgIpc) is 2.74. The van der Waals surface area contributed by atoms with Gasteiger partial charge in [0, 0.05) is 10.6 Å². The zero-order valence-corrected chi connectivity index (χ0v) is 19.7. The largest absolute Gasteiger partial charge is 0.271 e. The normalized spacial score (nSPS) is 11.5. The van der Waals surface area contributed by atoms with E-state index in [0.29, 0.717) is 26.9 Å². The Hall–Kier alpha value is -2.87. The van der Waals surface area contributed by atoms with Gasteiger partial charge < -0.3 is 0 Å². The summed E-state index contributed by atoms with van der Waals surface area (Å²) in [4.78, 5) is 12.7. The summed E-state index contributed by atoms with van der Waals surface area (Å²) >= 11 is 12.0. The predicted molar refractivity (Wildman–Crippen MR) is 129 cm³/mol. The van der Waals surface area contributed by atoms with Crippen LogP contribution in [0.15, 0.2) is 76.7 Å². The highest BCUT2D eigenvalue weighted by atomic mass is 35.5. The minimum Gasteiger partial charge on any atom is -0.271 e. The van der Waals surface area contributed by atoms with E-state index in [-0.39, 0.29) is 4.90 Å². The van der Waals surface area contributed by atoms with Gasteiger partial charge in [0.05, 0.1) is 21.8 Å². The first-order chi connectivity index (χ1) is 15.2. The Morgan fingerprint density at radius 2 is 1.72 bits per heavy atom. The minimum atomic E-state index is -3.99. The molecule has 0 radical (unpaired) electrons. The first-order valence-electron chi connectivity index (χ1n) is 9.60. The molecule has 3 aromatic rings. The van der Waals surface area contributed by atoms with Gasteiger partial charge in [-0.3, -0.25) is 9.10 Å². The maximum absolute atomic E-state index is 13.4. The van der Waals surface area contributed by atoms with Crippen molar-refractivity contribution in [1.29, 1.82) is 0 Å². The zero-order valence-electron chi connectivity index (χ0n) is 17.4. The van der Waals surface area contributed by atoms with Crippen molar-refractivity contribution in [2.45, 2.75) is 18.7 Å². The van der Waals surface area contributed by atoms with Crippen molar-refractivity contribution in [2.75, 3.05) is 10.8 Å². The summed E-state index contributed by atoms with van der Waals surface area (Å²) < 4.78 is 27.8. The second-order valence-corrected chi connectivity index (χ2v) is 9.78. The molecule has 0 saturated heterocycles. The number of amides is 1. The second-order valence-electron chi connectivity index (χ2n) is 7.07. The van der Waals surface area contributed by atoms with Crippen LogP contribution in [-0.4, -0.2) is 27.1 Å². The van der Waals surface area contributed by atoms with Gasteiger partial charge in [0.15, 0.2) is 0 Å². The molecular weight excluding hydrogens is 469 g/mol. The Morgan fingerprint density at radius 1 is 1.03 bits per heavy atom. The summed E-state index contributed by atoms with van der Waals surface area (Å²) in [6.45, 7) is 3.20. The van der Waals surface area contributed by atoms with Crippen LogP contribution >= 0.6 is 23.2 Å². The Kier molecular flexibility index (Phi) is 7.56. The van der Waals surface area contributed by atoms with Crippen molar-refractivity contribution in [3.8, 4) is 0 Å². The lowest BCUT2D eigenvalue weighted by atomic mass is 10.2. The van der Waals surface area contributed by atoms with Crippen LogP contribution in [0.2, 0.25) is 10.0 Å². The first kappa shape index (κ1) is 23.8. The summed E-state index contributed by atoms with van der Waals surface area (Å²) in [6, 6.07) is 18.3. The van der Waals surface area contributed by atoms with E-state index in [1.807, 2.05) is 6.92 Å². The molecule has 0 atom stereocenters. The molecule has 1 N–H and O–H groups in total. The lowest BCUT2D eigenvalue weighted by molar-refractivity contribution is -0.119. The van der Waals surface area contributed by atoms with E-state index in [9.17, 15) is 13.2 Å². The minimum absolute atomic E-state index is 0.0931. The number of hydrogen-bond donors (Lipinski definition) is 1. The molecule has 166 valence electrons. The van der Waals surface area contributed by atoms with Crippen molar-refractivity contribution >= 4 is 51.0 Å². The van der Waals surface area contributed by atoms with Crippen molar-refractivity contribution in [1.82, 2.24) is 5.43 Å². The molecule has 0 spiro atoms. The van der Waals surface area contributed by atoms with E-state index in [2.05, 4.69) is 10.5 Å². The summed E-state index contributed by atoms with van der Waals surface area (Å²) in [7, 11) is -3.99. The van der Waals surface area contributed by atoms with E-state index < -0.39 is 22.5 Å². The molecule has 0 fully saturated rings. The lowest BCUT2D eigenvalue weighted by Gasteiger charge is -2.25. The molecule has 9 heteroatoms. The van der Waals surface area contributed by atoms with Gasteiger partial charge in [-0.1, -0.05) is 65.2 Å². The number of aryl methyl sites for hydroxylation is 2. The van der Waals surface area contributed by atoms with E-state index in [4.69, 9.17) is 23.2 Å². The first-order valence-corrected chi connectivity index (χ1v) is 11.8. The number of carbonyl (C=O) groups excluding carboxylic acids is 1. The number of hydrazone groups is 1. The molecule has 1 amide bonds. The van der Waals surface area contributed by atoms with Gasteiger partial charge in [-0.25, -0.2) is 13.8 Å². The molecule has 0 aromatic heterocycles. The van der Waals surface area contributed by atoms with Gasteiger partial charge in [-0.15, -0.1) is 0 Å². The fraction of sp³-hybridized carbons (Fsp3) is 0.130. The Balaban J connectivity index is 1.86. The molecule has 0 aliphatic heterocycles. The van der Waals surface area contributed by atoms with Crippen LogP contribution in [0, 0.1) is 13.8 Å². The summed E-state index contributed by atoms with van der Waals surface area (Å²) in [5.41, 5.74) is 4.97. The van der Waals surface area contributed by atoms with Crippen LogP contribution in [0.4, 0.5) is 5.69 Å². The number of sulfonamides is 1. The summed E-state index contributed by atoms with van der Waals surface area (Å²) in [5, 5.41) is 4.75. The standard InChI is InChI=1S/C23H21Cl2N3O3S/c1-16-7-11-20(12-8-16)32(30,31)28(22-6-4-3-5-17(22)2)15-23(29)27-26-14-18-9-10-19(24)13-21(18)25/h3-14H,15H2,1-2H3,(H,27,29)/b26-14+. The molecule has 0 unspecified atom stereocenters.